The SMILES string of the molecule is COC(=O)COc1c(Br)cc(CCN)cc1Br. The van der Waals surface area contributed by atoms with Crippen LogP contribution in [0.25, 0.3) is 0 Å². The van der Waals surface area contributed by atoms with Crippen molar-refractivity contribution in [1.29, 1.82) is 0 Å². The Morgan fingerprint density at radius 2 is 1.94 bits per heavy atom. The van der Waals surface area contributed by atoms with E-state index in [9.17, 15) is 4.79 Å². The van der Waals surface area contributed by atoms with Crippen LogP contribution in [-0.2, 0) is 16.0 Å². The Morgan fingerprint density at radius 1 is 1.35 bits per heavy atom. The third-order valence-electron chi connectivity index (χ3n) is 2.05. The lowest BCUT2D eigenvalue weighted by molar-refractivity contribution is -0.142. The number of carbonyl (C=O) groups is 1. The molecule has 2 N–H and O–H groups in total. The highest BCUT2D eigenvalue weighted by Crippen LogP contribution is 2.34. The maximum atomic E-state index is 11.0. The van der Waals surface area contributed by atoms with Crippen molar-refractivity contribution >= 4 is 37.8 Å². The summed E-state index contributed by atoms with van der Waals surface area (Å²) in [5, 5.41) is 0. The van der Waals surface area contributed by atoms with E-state index in [1.165, 1.54) is 7.11 Å². The quantitative estimate of drug-likeness (QED) is 0.812. The van der Waals surface area contributed by atoms with E-state index in [4.69, 9.17) is 10.5 Å². The van der Waals surface area contributed by atoms with E-state index in [-0.39, 0.29) is 6.61 Å². The second kappa shape index (κ2) is 6.98. The molecule has 1 aromatic carbocycles. The van der Waals surface area contributed by atoms with Crippen molar-refractivity contribution in [2.45, 2.75) is 6.42 Å². The van der Waals surface area contributed by atoms with Crippen LogP contribution >= 0.6 is 31.9 Å². The molecule has 4 nitrogen and oxygen atoms in total. The van der Waals surface area contributed by atoms with Crippen molar-refractivity contribution in [3.8, 4) is 5.75 Å². The molecule has 0 aliphatic heterocycles. The molecule has 0 fully saturated rings. The van der Waals surface area contributed by atoms with Crippen LogP contribution in [0.3, 0.4) is 0 Å². The van der Waals surface area contributed by atoms with E-state index < -0.39 is 5.97 Å². The van der Waals surface area contributed by atoms with Crippen molar-refractivity contribution in [2.24, 2.45) is 5.73 Å². The fourth-order valence-corrected chi connectivity index (χ4v) is 2.76. The summed E-state index contributed by atoms with van der Waals surface area (Å²) in [6.45, 7) is 0.463. The smallest absolute Gasteiger partial charge is 0.343 e. The number of benzene rings is 1. The van der Waals surface area contributed by atoms with E-state index in [0.29, 0.717) is 12.3 Å². The van der Waals surface area contributed by atoms with Crippen LogP contribution < -0.4 is 10.5 Å². The Labute approximate surface area is 117 Å². The first-order valence-corrected chi connectivity index (χ1v) is 6.54. The Balaban J connectivity index is 2.82. The molecule has 0 spiro atoms. The molecule has 0 aliphatic carbocycles. The molecule has 0 unspecified atom stereocenters. The minimum atomic E-state index is -0.421. The van der Waals surface area contributed by atoms with Crippen LogP contribution in [-0.4, -0.2) is 26.2 Å². The third-order valence-corrected chi connectivity index (χ3v) is 3.23. The third kappa shape index (κ3) is 4.29. The highest BCUT2D eigenvalue weighted by molar-refractivity contribution is 9.11. The topological polar surface area (TPSA) is 61.5 Å². The number of hydrogen-bond donors (Lipinski definition) is 1. The zero-order chi connectivity index (χ0) is 12.8. The standard InChI is InChI=1S/C11H13Br2NO3/c1-16-10(15)6-17-11-8(12)4-7(2-3-14)5-9(11)13/h4-5H,2-3,6,14H2,1H3. The van der Waals surface area contributed by atoms with E-state index in [1.807, 2.05) is 12.1 Å². The lowest BCUT2D eigenvalue weighted by Crippen LogP contribution is -2.13. The van der Waals surface area contributed by atoms with E-state index in [0.717, 1.165) is 20.9 Å². The molecule has 1 aromatic rings. The van der Waals surface area contributed by atoms with Crippen LogP contribution in [0.15, 0.2) is 21.1 Å². The predicted octanol–water partition coefficient (Wildman–Crippen LogP) is 2.26. The van der Waals surface area contributed by atoms with Gasteiger partial charge in [0.15, 0.2) is 6.61 Å². The summed E-state index contributed by atoms with van der Waals surface area (Å²) in [6, 6.07) is 3.84. The van der Waals surface area contributed by atoms with Crippen LogP contribution in [0, 0.1) is 0 Å². The summed E-state index contributed by atoms with van der Waals surface area (Å²) in [5.41, 5.74) is 6.59. The number of halogens is 2. The fourth-order valence-electron chi connectivity index (χ4n) is 1.25. The number of methoxy groups -OCH3 is 1. The van der Waals surface area contributed by atoms with E-state index in [2.05, 4.69) is 36.6 Å². The van der Waals surface area contributed by atoms with Gasteiger partial charge in [-0.3, -0.25) is 0 Å². The molecule has 0 atom stereocenters. The number of ether oxygens (including phenoxy) is 2. The average molecular weight is 367 g/mol. The molecular formula is C11H13Br2NO3. The van der Waals surface area contributed by atoms with Gasteiger partial charge in [0.25, 0.3) is 0 Å². The Bertz CT molecular complexity index is 387. The molecule has 0 aromatic heterocycles. The summed E-state index contributed by atoms with van der Waals surface area (Å²) in [4.78, 5) is 11.0. The number of carbonyl (C=O) groups excluding carboxylic acids is 1. The molecule has 0 saturated heterocycles. The van der Waals surface area contributed by atoms with Gasteiger partial charge in [0, 0.05) is 0 Å². The first-order chi connectivity index (χ1) is 8.08. The summed E-state index contributed by atoms with van der Waals surface area (Å²) in [7, 11) is 1.32. The van der Waals surface area contributed by atoms with Gasteiger partial charge < -0.3 is 15.2 Å². The van der Waals surface area contributed by atoms with Gasteiger partial charge in [-0.2, -0.15) is 0 Å². The Kier molecular flexibility index (Phi) is 5.94. The van der Waals surface area contributed by atoms with Crippen molar-refractivity contribution in [2.75, 3.05) is 20.3 Å². The molecule has 6 heteroatoms. The molecule has 1 rings (SSSR count). The van der Waals surface area contributed by atoms with Crippen LogP contribution in [0.5, 0.6) is 5.75 Å². The second-order valence-corrected chi connectivity index (χ2v) is 5.00. The number of rotatable bonds is 5. The van der Waals surface area contributed by atoms with Gasteiger partial charge in [0.05, 0.1) is 16.1 Å². The van der Waals surface area contributed by atoms with Crippen LogP contribution in [0.1, 0.15) is 5.56 Å². The minimum absolute atomic E-state index is 0.121. The Morgan fingerprint density at radius 3 is 2.41 bits per heavy atom. The molecule has 17 heavy (non-hydrogen) atoms. The molecule has 0 heterocycles. The van der Waals surface area contributed by atoms with Gasteiger partial charge in [0.1, 0.15) is 5.75 Å². The predicted molar refractivity (Wildman–Crippen MR) is 72.1 cm³/mol. The van der Waals surface area contributed by atoms with Crippen molar-refractivity contribution in [3.05, 3.63) is 26.6 Å². The lowest BCUT2D eigenvalue weighted by Gasteiger charge is -2.11. The van der Waals surface area contributed by atoms with Crippen molar-refractivity contribution < 1.29 is 14.3 Å². The highest BCUT2D eigenvalue weighted by Gasteiger charge is 2.11. The molecule has 0 bridgehead atoms. The monoisotopic (exact) mass is 365 g/mol. The van der Waals surface area contributed by atoms with E-state index in [1.54, 1.807) is 0 Å². The van der Waals surface area contributed by atoms with Crippen molar-refractivity contribution in [1.82, 2.24) is 0 Å². The summed E-state index contributed by atoms with van der Waals surface area (Å²) < 4.78 is 11.4. The van der Waals surface area contributed by atoms with Gasteiger partial charge in [-0.1, -0.05) is 0 Å². The zero-order valence-electron chi connectivity index (χ0n) is 9.33. The van der Waals surface area contributed by atoms with Gasteiger partial charge in [-0.25, -0.2) is 4.79 Å². The largest absolute Gasteiger partial charge is 0.480 e. The average Bonchev–Trinajstić information content (AvgIpc) is 2.28. The van der Waals surface area contributed by atoms with Gasteiger partial charge in [-0.15, -0.1) is 0 Å². The second-order valence-electron chi connectivity index (χ2n) is 3.29. The maximum Gasteiger partial charge on any atom is 0.343 e. The number of esters is 1. The number of nitrogens with two attached hydrogens (primary N) is 1. The molecule has 94 valence electrons. The van der Waals surface area contributed by atoms with Gasteiger partial charge in [0.2, 0.25) is 0 Å². The Hall–Kier alpha value is -0.590. The van der Waals surface area contributed by atoms with Crippen LogP contribution in [0.4, 0.5) is 0 Å². The minimum Gasteiger partial charge on any atom is -0.480 e. The summed E-state index contributed by atoms with van der Waals surface area (Å²) >= 11 is 6.78. The normalized spacial score (nSPS) is 10.1. The molecule has 0 amide bonds. The summed E-state index contributed by atoms with van der Waals surface area (Å²) in [5.74, 6) is 0.158. The highest BCUT2D eigenvalue weighted by atomic mass is 79.9. The fraction of sp³-hybridized carbons (Fsp3) is 0.364. The molecular weight excluding hydrogens is 354 g/mol. The van der Waals surface area contributed by atoms with Crippen molar-refractivity contribution in [3.63, 3.8) is 0 Å². The summed E-state index contributed by atoms with van der Waals surface area (Å²) in [6.07, 6.45) is 0.786. The molecule has 0 aliphatic rings. The zero-order valence-corrected chi connectivity index (χ0v) is 12.5. The van der Waals surface area contributed by atoms with Crippen LogP contribution in [0.2, 0.25) is 0 Å². The first-order valence-electron chi connectivity index (χ1n) is 4.96. The molecule has 0 radical (unpaired) electrons. The van der Waals surface area contributed by atoms with E-state index >= 15 is 0 Å². The number of hydrogen-bond acceptors (Lipinski definition) is 4. The lowest BCUT2D eigenvalue weighted by atomic mass is 10.1. The van der Waals surface area contributed by atoms with Gasteiger partial charge in [-0.05, 0) is 62.5 Å². The first kappa shape index (κ1) is 14.5. The molecule has 0 saturated carbocycles. The maximum absolute atomic E-state index is 11.0. The van der Waals surface area contributed by atoms with Gasteiger partial charge >= 0.3 is 5.97 Å².